The van der Waals surface area contributed by atoms with Gasteiger partial charge >= 0.3 is 0 Å². The number of aliphatic hydroxyl groups is 1. The second kappa shape index (κ2) is 6.44. The van der Waals surface area contributed by atoms with E-state index in [-0.39, 0.29) is 23.7 Å². The van der Waals surface area contributed by atoms with Gasteiger partial charge in [-0.3, -0.25) is 0 Å². The summed E-state index contributed by atoms with van der Waals surface area (Å²) >= 11 is 0. The van der Waals surface area contributed by atoms with Gasteiger partial charge in [0.15, 0.2) is 0 Å². The van der Waals surface area contributed by atoms with E-state index in [1.165, 1.54) is 16.4 Å². The fraction of sp³-hybridized carbons (Fsp3) is 0.455. The lowest BCUT2D eigenvalue weighted by Gasteiger charge is -2.20. The third kappa shape index (κ3) is 3.26. The maximum atomic E-state index is 12.2. The van der Waals surface area contributed by atoms with E-state index < -0.39 is 10.0 Å². The van der Waals surface area contributed by atoms with Crippen molar-refractivity contribution >= 4 is 10.0 Å². The molecule has 1 aromatic rings. The van der Waals surface area contributed by atoms with Crippen molar-refractivity contribution in [3.05, 3.63) is 24.0 Å². The number of sulfonamides is 1. The summed E-state index contributed by atoms with van der Waals surface area (Å²) in [4.78, 5) is 3.77. The maximum Gasteiger partial charge on any atom is 0.244 e. The van der Waals surface area contributed by atoms with Gasteiger partial charge in [-0.05, 0) is 18.6 Å². The zero-order valence-electron chi connectivity index (χ0n) is 10.1. The number of nitrogens with zero attached hydrogens (tertiary/aromatic N) is 3. The molecule has 0 aromatic carbocycles. The zero-order valence-corrected chi connectivity index (χ0v) is 10.9. The van der Waals surface area contributed by atoms with E-state index in [1.807, 2.05) is 13.0 Å². The summed E-state index contributed by atoms with van der Waals surface area (Å²) in [7, 11) is -3.65. The highest BCUT2D eigenvalue weighted by Crippen LogP contribution is 2.14. The highest BCUT2D eigenvalue weighted by Gasteiger charge is 2.23. The first-order valence-electron chi connectivity index (χ1n) is 5.53. The van der Waals surface area contributed by atoms with Crippen molar-refractivity contribution in [2.24, 2.45) is 0 Å². The van der Waals surface area contributed by atoms with Crippen LogP contribution < -0.4 is 0 Å². The molecular formula is C11H15N3O3S. The van der Waals surface area contributed by atoms with Gasteiger partial charge in [0.25, 0.3) is 0 Å². The molecule has 0 aliphatic heterocycles. The van der Waals surface area contributed by atoms with Crippen LogP contribution in [-0.2, 0) is 10.0 Å². The molecule has 0 fully saturated rings. The normalized spacial score (nSPS) is 11.4. The Morgan fingerprint density at radius 2 is 2.17 bits per heavy atom. The molecule has 1 rings (SSSR count). The van der Waals surface area contributed by atoms with Crippen molar-refractivity contribution in [1.82, 2.24) is 9.29 Å². The zero-order chi connectivity index (χ0) is 13.6. The van der Waals surface area contributed by atoms with Gasteiger partial charge < -0.3 is 5.11 Å². The Kier molecular flexibility index (Phi) is 5.22. The Labute approximate surface area is 107 Å². The summed E-state index contributed by atoms with van der Waals surface area (Å²) in [5, 5.41) is 17.5. The van der Waals surface area contributed by atoms with E-state index in [1.54, 1.807) is 0 Å². The largest absolute Gasteiger partial charge is 0.395 e. The molecule has 1 heterocycles. The van der Waals surface area contributed by atoms with Gasteiger partial charge in [-0.2, -0.15) is 9.57 Å². The molecule has 6 nitrogen and oxygen atoms in total. The van der Waals surface area contributed by atoms with Crippen LogP contribution in [0, 0.1) is 11.3 Å². The number of nitriles is 1. The summed E-state index contributed by atoms with van der Waals surface area (Å²) < 4.78 is 25.6. The first-order chi connectivity index (χ1) is 8.56. The summed E-state index contributed by atoms with van der Waals surface area (Å²) in [6, 6.07) is 4.53. The molecule has 0 unspecified atom stereocenters. The molecule has 18 heavy (non-hydrogen) atoms. The van der Waals surface area contributed by atoms with Gasteiger partial charge in [0.05, 0.1) is 6.61 Å². The highest BCUT2D eigenvalue weighted by atomic mass is 32.2. The van der Waals surface area contributed by atoms with Crippen LogP contribution in [0.4, 0.5) is 0 Å². The Morgan fingerprint density at radius 3 is 2.61 bits per heavy atom. The molecule has 0 aliphatic rings. The second-order valence-electron chi connectivity index (χ2n) is 3.62. The molecule has 1 aromatic heterocycles. The molecule has 0 amide bonds. The Balaban J connectivity index is 3.06. The smallest absolute Gasteiger partial charge is 0.244 e. The lowest BCUT2D eigenvalue weighted by Crippen LogP contribution is -2.34. The monoisotopic (exact) mass is 269 g/mol. The third-order valence-electron chi connectivity index (χ3n) is 2.31. The molecule has 0 spiro atoms. The molecule has 7 heteroatoms. The lowest BCUT2D eigenvalue weighted by atomic mass is 10.4. The van der Waals surface area contributed by atoms with Crippen LogP contribution in [0.5, 0.6) is 0 Å². The quantitative estimate of drug-likeness (QED) is 0.804. The number of hydrogen-bond donors (Lipinski definition) is 1. The summed E-state index contributed by atoms with van der Waals surface area (Å²) in [6.07, 6.45) is 1.82. The van der Waals surface area contributed by atoms with Crippen molar-refractivity contribution in [2.45, 2.75) is 18.2 Å². The van der Waals surface area contributed by atoms with Crippen molar-refractivity contribution in [3.63, 3.8) is 0 Å². The average Bonchev–Trinajstić information content (AvgIpc) is 2.38. The molecule has 0 bridgehead atoms. The number of hydrogen-bond acceptors (Lipinski definition) is 5. The number of rotatable bonds is 6. The van der Waals surface area contributed by atoms with Crippen molar-refractivity contribution in [3.8, 4) is 6.07 Å². The van der Waals surface area contributed by atoms with Crippen LogP contribution in [0.25, 0.3) is 0 Å². The molecule has 0 atom stereocenters. The Hall–Kier alpha value is -1.49. The van der Waals surface area contributed by atoms with E-state index >= 15 is 0 Å². The van der Waals surface area contributed by atoms with Crippen molar-refractivity contribution in [1.29, 1.82) is 5.26 Å². The van der Waals surface area contributed by atoms with Crippen molar-refractivity contribution in [2.75, 3.05) is 19.7 Å². The summed E-state index contributed by atoms with van der Waals surface area (Å²) in [6.45, 7) is 2.01. The summed E-state index contributed by atoms with van der Waals surface area (Å²) in [5.74, 6) is 0. The number of pyridine rings is 1. The number of aliphatic hydroxyl groups excluding tert-OH is 1. The lowest BCUT2D eigenvalue weighted by molar-refractivity contribution is 0.253. The van der Waals surface area contributed by atoms with Crippen LogP contribution in [0.1, 0.15) is 19.0 Å². The van der Waals surface area contributed by atoms with Gasteiger partial charge in [0, 0.05) is 19.3 Å². The van der Waals surface area contributed by atoms with Gasteiger partial charge in [0.2, 0.25) is 10.0 Å². The van der Waals surface area contributed by atoms with Crippen LogP contribution >= 0.6 is 0 Å². The van der Waals surface area contributed by atoms with E-state index in [4.69, 9.17) is 10.4 Å². The Bertz CT molecular complexity index is 513. The van der Waals surface area contributed by atoms with Gasteiger partial charge in [0.1, 0.15) is 16.7 Å². The molecule has 0 saturated heterocycles. The predicted molar refractivity (Wildman–Crippen MR) is 65.1 cm³/mol. The van der Waals surface area contributed by atoms with E-state index in [0.29, 0.717) is 13.0 Å². The summed E-state index contributed by atoms with van der Waals surface area (Å²) in [5.41, 5.74) is 0.165. The first kappa shape index (κ1) is 14.6. The minimum absolute atomic E-state index is 0.0309. The molecule has 1 N–H and O–H groups in total. The van der Waals surface area contributed by atoms with E-state index in [0.717, 1.165) is 6.20 Å². The fourth-order valence-corrected chi connectivity index (χ4v) is 2.93. The van der Waals surface area contributed by atoms with E-state index in [9.17, 15) is 8.42 Å². The topological polar surface area (TPSA) is 94.3 Å². The maximum absolute atomic E-state index is 12.2. The fourth-order valence-electron chi connectivity index (χ4n) is 1.46. The average molecular weight is 269 g/mol. The van der Waals surface area contributed by atoms with Crippen LogP contribution in [0.3, 0.4) is 0 Å². The third-order valence-corrected chi connectivity index (χ3v) is 4.19. The molecule has 0 aliphatic carbocycles. The predicted octanol–water partition coefficient (Wildman–Crippen LogP) is 0.346. The second-order valence-corrected chi connectivity index (χ2v) is 5.56. The first-order valence-corrected chi connectivity index (χ1v) is 6.97. The minimum atomic E-state index is -3.65. The van der Waals surface area contributed by atoms with Gasteiger partial charge in [-0.1, -0.05) is 6.92 Å². The van der Waals surface area contributed by atoms with Crippen LogP contribution in [0.15, 0.2) is 23.2 Å². The van der Waals surface area contributed by atoms with Gasteiger partial charge in [-0.25, -0.2) is 13.4 Å². The number of aromatic nitrogens is 1. The van der Waals surface area contributed by atoms with Crippen LogP contribution in [-0.4, -0.2) is 42.5 Å². The molecule has 98 valence electrons. The minimum Gasteiger partial charge on any atom is -0.395 e. The Morgan fingerprint density at radius 1 is 1.44 bits per heavy atom. The highest BCUT2D eigenvalue weighted by molar-refractivity contribution is 7.89. The van der Waals surface area contributed by atoms with Crippen LogP contribution in [0.2, 0.25) is 0 Å². The van der Waals surface area contributed by atoms with Crippen molar-refractivity contribution < 1.29 is 13.5 Å². The standard InChI is InChI=1S/C11H15N3O3S/c1-2-5-14(6-7-15)18(16,17)11-4-3-10(8-12)13-9-11/h3-4,9,15H,2,5-7H2,1H3. The SMILES string of the molecule is CCCN(CCO)S(=O)(=O)c1ccc(C#N)nc1. The van der Waals surface area contributed by atoms with Gasteiger partial charge in [-0.15, -0.1) is 0 Å². The molecule has 0 saturated carbocycles. The van der Waals surface area contributed by atoms with E-state index in [2.05, 4.69) is 4.98 Å². The molecule has 0 radical (unpaired) electrons. The molecular weight excluding hydrogens is 254 g/mol.